The molecule has 1 N–H and O–H groups in total. The van der Waals surface area contributed by atoms with Gasteiger partial charge in [-0.3, -0.25) is 0 Å². The third-order valence-electron chi connectivity index (χ3n) is 4.00. The van der Waals surface area contributed by atoms with Crippen LogP contribution < -0.4 is 5.32 Å². The Balaban J connectivity index is 2.04. The van der Waals surface area contributed by atoms with E-state index in [1.165, 1.54) is 6.07 Å². The fourth-order valence-electron chi connectivity index (χ4n) is 2.57. The van der Waals surface area contributed by atoms with Gasteiger partial charge in [0.1, 0.15) is 0 Å². The average molecular weight is 350 g/mol. The zero-order valence-electron chi connectivity index (χ0n) is 11.6. The second kappa shape index (κ2) is 5.58. The average Bonchev–Trinajstić information content (AvgIpc) is 2.33. The van der Waals surface area contributed by atoms with Gasteiger partial charge >= 0.3 is 6.18 Å². The summed E-state index contributed by atoms with van der Waals surface area (Å²) in [5.74, 6) is 0. The normalized spacial score (nSPS) is 19.9. The molecule has 5 heteroatoms. The number of halogens is 4. The molecule has 20 heavy (non-hydrogen) atoms. The van der Waals surface area contributed by atoms with Gasteiger partial charge in [-0.15, -0.1) is 0 Å². The third-order valence-corrected chi connectivity index (χ3v) is 4.65. The zero-order valence-corrected chi connectivity index (χ0v) is 13.2. The molecular formula is C15H19BrF3N. The van der Waals surface area contributed by atoms with E-state index in [0.717, 1.165) is 43.5 Å². The number of nitrogens with one attached hydrogen (secondary N) is 1. The van der Waals surface area contributed by atoms with Gasteiger partial charge < -0.3 is 5.32 Å². The van der Waals surface area contributed by atoms with Crippen LogP contribution in [0.5, 0.6) is 0 Å². The number of alkyl halides is 3. The van der Waals surface area contributed by atoms with Crippen molar-refractivity contribution < 1.29 is 13.2 Å². The first kappa shape index (κ1) is 15.7. The van der Waals surface area contributed by atoms with Crippen LogP contribution in [0.15, 0.2) is 22.7 Å². The van der Waals surface area contributed by atoms with Crippen LogP contribution in [-0.2, 0) is 6.18 Å². The Morgan fingerprint density at radius 3 is 2.30 bits per heavy atom. The van der Waals surface area contributed by atoms with E-state index in [4.69, 9.17) is 0 Å². The molecule has 0 spiro atoms. The van der Waals surface area contributed by atoms with Crippen LogP contribution in [0.3, 0.4) is 0 Å². The molecule has 0 unspecified atom stereocenters. The van der Waals surface area contributed by atoms with Gasteiger partial charge in [0.05, 0.1) is 5.56 Å². The SMILES string of the molecule is CC1(C)CCC(Nc2ccc(C(F)(F)F)cc2Br)CC1. The third kappa shape index (κ3) is 3.90. The molecule has 0 amide bonds. The minimum absolute atomic E-state index is 0.344. The van der Waals surface area contributed by atoms with Gasteiger partial charge in [0.25, 0.3) is 0 Å². The van der Waals surface area contributed by atoms with Crippen molar-refractivity contribution in [1.29, 1.82) is 0 Å². The van der Waals surface area contributed by atoms with Gasteiger partial charge in [0, 0.05) is 16.2 Å². The van der Waals surface area contributed by atoms with Crippen LogP contribution in [0.1, 0.15) is 45.1 Å². The highest BCUT2D eigenvalue weighted by molar-refractivity contribution is 9.10. The van der Waals surface area contributed by atoms with Gasteiger partial charge in [0.2, 0.25) is 0 Å². The summed E-state index contributed by atoms with van der Waals surface area (Å²) in [5.41, 5.74) is 0.498. The maximum atomic E-state index is 12.6. The van der Waals surface area contributed by atoms with E-state index < -0.39 is 11.7 Å². The maximum Gasteiger partial charge on any atom is 0.416 e. The summed E-state index contributed by atoms with van der Waals surface area (Å²) in [7, 11) is 0. The topological polar surface area (TPSA) is 12.0 Å². The van der Waals surface area contributed by atoms with Crippen molar-refractivity contribution in [3.05, 3.63) is 28.2 Å². The van der Waals surface area contributed by atoms with Crippen LogP contribution >= 0.6 is 15.9 Å². The number of anilines is 1. The first-order chi connectivity index (χ1) is 9.17. The molecule has 1 aromatic rings. The zero-order chi connectivity index (χ0) is 15.0. The number of hydrogen-bond donors (Lipinski definition) is 1. The summed E-state index contributed by atoms with van der Waals surface area (Å²) in [5, 5.41) is 3.35. The van der Waals surface area contributed by atoms with E-state index in [0.29, 0.717) is 15.9 Å². The molecule has 1 aliphatic carbocycles. The molecule has 1 aromatic carbocycles. The second-order valence-corrected chi connectivity index (χ2v) is 7.13. The fraction of sp³-hybridized carbons (Fsp3) is 0.600. The van der Waals surface area contributed by atoms with Gasteiger partial charge in [0.15, 0.2) is 0 Å². The summed E-state index contributed by atoms with van der Waals surface area (Å²) in [6, 6.07) is 4.11. The quantitative estimate of drug-likeness (QED) is 0.706. The Bertz CT molecular complexity index is 472. The molecule has 0 atom stereocenters. The molecule has 0 radical (unpaired) electrons. The summed E-state index contributed by atoms with van der Waals surface area (Å²) in [4.78, 5) is 0. The van der Waals surface area contributed by atoms with E-state index in [1.54, 1.807) is 0 Å². The number of hydrogen-bond acceptors (Lipinski definition) is 1. The monoisotopic (exact) mass is 349 g/mol. The largest absolute Gasteiger partial charge is 0.416 e. The predicted octanol–water partition coefficient (Wildman–Crippen LogP) is 5.85. The Labute approximate surface area is 126 Å². The van der Waals surface area contributed by atoms with Crippen LogP contribution in [0, 0.1) is 5.41 Å². The minimum Gasteiger partial charge on any atom is -0.381 e. The molecule has 112 valence electrons. The molecule has 0 heterocycles. The van der Waals surface area contributed by atoms with Crippen molar-refractivity contribution in [3.63, 3.8) is 0 Å². The van der Waals surface area contributed by atoms with Gasteiger partial charge in [-0.2, -0.15) is 13.2 Å². The predicted molar refractivity (Wildman–Crippen MR) is 78.8 cm³/mol. The lowest BCUT2D eigenvalue weighted by atomic mass is 9.75. The van der Waals surface area contributed by atoms with E-state index in [9.17, 15) is 13.2 Å². The second-order valence-electron chi connectivity index (χ2n) is 6.28. The smallest absolute Gasteiger partial charge is 0.381 e. The van der Waals surface area contributed by atoms with Crippen molar-refractivity contribution in [2.24, 2.45) is 5.41 Å². The van der Waals surface area contributed by atoms with Crippen LogP contribution in [0.4, 0.5) is 18.9 Å². The highest BCUT2D eigenvalue weighted by Crippen LogP contribution is 2.38. The van der Waals surface area contributed by atoms with Crippen molar-refractivity contribution in [2.45, 2.75) is 51.7 Å². The summed E-state index contributed by atoms with van der Waals surface area (Å²) >= 11 is 3.23. The van der Waals surface area contributed by atoms with Crippen molar-refractivity contribution in [3.8, 4) is 0 Å². The maximum absolute atomic E-state index is 12.6. The lowest BCUT2D eigenvalue weighted by Gasteiger charge is -2.35. The summed E-state index contributed by atoms with van der Waals surface area (Å²) < 4.78 is 38.3. The highest BCUT2D eigenvalue weighted by Gasteiger charge is 2.31. The Kier molecular flexibility index (Phi) is 4.38. The molecule has 2 rings (SSSR count). The summed E-state index contributed by atoms with van der Waals surface area (Å²) in [6.07, 6.45) is 0.0999. The highest BCUT2D eigenvalue weighted by atomic mass is 79.9. The van der Waals surface area contributed by atoms with Gasteiger partial charge in [-0.05, 0) is 65.2 Å². The van der Waals surface area contributed by atoms with Crippen molar-refractivity contribution in [1.82, 2.24) is 0 Å². The van der Waals surface area contributed by atoms with Gasteiger partial charge in [-0.25, -0.2) is 0 Å². The number of rotatable bonds is 2. The van der Waals surface area contributed by atoms with Crippen molar-refractivity contribution >= 4 is 21.6 Å². The lowest BCUT2D eigenvalue weighted by Crippen LogP contribution is -2.30. The molecule has 0 bridgehead atoms. The Morgan fingerprint density at radius 1 is 1.20 bits per heavy atom. The molecule has 0 aliphatic heterocycles. The standard InChI is InChI=1S/C15H19BrF3N/c1-14(2)7-5-11(6-8-14)20-13-4-3-10(9-12(13)16)15(17,18)19/h3-4,9,11,20H,5-8H2,1-2H3. The fourth-order valence-corrected chi connectivity index (χ4v) is 3.07. The van der Waals surface area contributed by atoms with Crippen molar-refractivity contribution in [2.75, 3.05) is 5.32 Å². The molecule has 0 saturated heterocycles. The Morgan fingerprint density at radius 2 is 1.80 bits per heavy atom. The molecule has 1 fully saturated rings. The summed E-state index contributed by atoms with van der Waals surface area (Å²) in [6.45, 7) is 4.52. The van der Waals surface area contributed by atoms with E-state index >= 15 is 0 Å². The Hall–Kier alpha value is -0.710. The molecule has 1 saturated carbocycles. The molecular weight excluding hydrogens is 331 g/mol. The van der Waals surface area contributed by atoms with E-state index in [1.807, 2.05) is 0 Å². The molecule has 1 nitrogen and oxygen atoms in total. The molecule has 1 aliphatic rings. The van der Waals surface area contributed by atoms with Crippen LogP contribution in [-0.4, -0.2) is 6.04 Å². The first-order valence-corrected chi connectivity index (χ1v) is 7.60. The van der Waals surface area contributed by atoms with Crippen LogP contribution in [0.25, 0.3) is 0 Å². The van der Waals surface area contributed by atoms with Crippen LogP contribution in [0.2, 0.25) is 0 Å². The van der Waals surface area contributed by atoms with E-state index in [-0.39, 0.29) is 0 Å². The van der Waals surface area contributed by atoms with E-state index in [2.05, 4.69) is 35.1 Å². The molecule has 0 aromatic heterocycles. The lowest BCUT2D eigenvalue weighted by molar-refractivity contribution is -0.137. The number of benzene rings is 1. The minimum atomic E-state index is -4.30. The van der Waals surface area contributed by atoms with Gasteiger partial charge in [-0.1, -0.05) is 13.8 Å². The first-order valence-electron chi connectivity index (χ1n) is 6.81.